The molecule has 13 heteroatoms. The summed E-state index contributed by atoms with van der Waals surface area (Å²) in [7, 11) is 0. The van der Waals surface area contributed by atoms with Crippen LogP contribution in [0.25, 0.3) is 0 Å². The predicted octanol–water partition coefficient (Wildman–Crippen LogP) is 7.26. The zero-order valence-corrected chi connectivity index (χ0v) is 25.0. The molecular weight excluding hydrogens is 786 g/mol. The van der Waals surface area contributed by atoms with E-state index in [1.165, 1.54) is 24.3 Å². The first-order chi connectivity index (χ1) is 16.5. The van der Waals surface area contributed by atoms with Crippen LogP contribution in [-0.2, 0) is 6.54 Å². The van der Waals surface area contributed by atoms with E-state index in [0.717, 1.165) is 14.5 Å². The maximum Gasteiger partial charge on any atom is 0.282 e. The number of carbonyl (C=O) groups is 3. The van der Waals surface area contributed by atoms with Gasteiger partial charge in [-0.05, 0) is 87.5 Å². The van der Waals surface area contributed by atoms with Crippen LogP contribution in [0.2, 0.25) is 0 Å². The van der Waals surface area contributed by atoms with Crippen molar-refractivity contribution in [3.8, 4) is 0 Å². The minimum atomic E-state index is -0.875. The first-order valence-corrected chi connectivity index (χ1v) is 13.6. The lowest BCUT2D eigenvalue weighted by atomic mass is 10.1. The molecule has 4 rings (SSSR count). The van der Waals surface area contributed by atoms with E-state index in [9.17, 15) is 24.5 Å². The van der Waals surface area contributed by atoms with E-state index in [2.05, 4.69) is 79.6 Å². The molecule has 0 N–H and O–H groups in total. The smallest absolute Gasteiger partial charge is 0.267 e. The number of imide groups is 1. The standard InChI is InChI=1S/C22H10Br5N3O5/c23-11-7-5-10(6-8-11)9-28(20(31)12-3-1-2-4-13(12)30(34)35)29-21(32)14-15(22(29)33)17(25)19(27)18(26)16(14)24/h1-8H,9H2. The van der Waals surface area contributed by atoms with Crippen LogP contribution in [0.5, 0.6) is 0 Å². The van der Waals surface area contributed by atoms with Crippen LogP contribution >= 0.6 is 79.6 Å². The van der Waals surface area contributed by atoms with Crippen LogP contribution in [-0.4, -0.2) is 32.7 Å². The Morgan fingerprint density at radius 3 is 1.86 bits per heavy atom. The second kappa shape index (κ2) is 10.2. The summed E-state index contributed by atoms with van der Waals surface area (Å²) >= 11 is 16.8. The van der Waals surface area contributed by atoms with E-state index in [4.69, 9.17) is 0 Å². The number of nitrogens with zero attached hydrogens (tertiary/aromatic N) is 3. The summed E-state index contributed by atoms with van der Waals surface area (Å²) < 4.78 is 2.43. The lowest BCUT2D eigenvalue weighted by Gasteiger charge is -2.30. The molecule has 0 bridgehead atoms. The molecule has 0 radical (unpaired) electrons. The van der Waals surface area contributed by atoms with Gasteiger partial charge in [-0.3, -0.25) is 24.5 Å². The minimum absolute atomic E-state index is 0.0492. The molecule has 0 spiro atoms. The number of para-hydroxylation sites is 1. The molecule has 8 nitrogen and oxygen atoms in total. The van der Waals surface area contributed by atoms with Gasteiger partial charge in [0.2, 0.25) is 0 Å². The second-order valence-electron chi connectivity index (χ2n) is 7.19. The zero-order chi connectivity index (χ0) is 25.6. The summed E-state index contributed by atoms with van der Waals surface area (Å²) in [6.45, 7) is -0.193. The van der Waals surface area contributed by atoms with E-state index in [1.54, 1.807) is 24.3 Å². The van der Waals surface area contributed by atoms with Crippen molar-refractivity contribution in [3.05, 3.63) is 103 Å². The number of hydrogen-bond donors (Lipinski definition) is 0. The number of rotatable bonds is 5. The fourth-order valence-corrected chi connectivity index (χ4v) is 6.23. The minimum Gasteiger partial charge on any atom is -0.267 e. The molecule has 0 unspecified atom stereocenters. The lowest BCUT2D eigenvalue weighted by Crippen LogP contribution is -2.49. The molecule has 178 valence electrons. The number of carbonyl (C=O) groups excluding carboxylic acids is 3. The van der Waals surface area contributed by atoms with Crippen LogP contribution in [0.1, 0.15) is 36.6 Å². The van der Waals surface area contributed by atoms with Gasteiger partial charge in [-0.1, -0.05) is 40.2 Å². The van der Waals surface area contributed by atoms with Gasteiger partial charge in [-0.25, -0.2) is 5.01 Å². The summed E-state index contributed by atoms with van der Waals surface area (Å²) in [5, 5.41) is 13.2. The van der Waals surface area contributed by atoms with E-state index in [-0.39, 0.29) is 23.2 Å². The van der Waals surface area contributed by atoms with E-state index in [1.807, 2.05) is 0 Å². The van der Waals surface area contributed by atoms with Gasteiger partial charge in [0.05, 0.1) is 22.6 Å². The van der Waals surface area contributed by atoms with Gasteiger partial charge in [-0.2, -0.15) is 5.01 Å². The molecule has 0 aromatic heterocycles. The molecule has 3 amide bonds. The Bertz CT molecular complexity index is 1380. The van der Waals surface area contributed by atoms with Gasteiger partial charge >= 0.3 is 0 Å². The highest BCUT2D eigenvalue weighted by Gasteiger charge is 2.46. The number of hydrazine groups is 1. The molecule has 3 aromatic carbocycles. The Morgan fingerprint density at radius 1 is 0.829 bits per heavy atom. The Kier molecular flexibility index (Phi) is 7.62. The molecule has 1 aliphatic rings. The summed E-state index contributed by atoms with van der Waals surface area (Å²) in [6, 6.07) is 12.3. The lowest BCUT2D eigenvalue weighted by molar-refractivity contribution is -0.385. The van der Waals surface area contributed by atoms with Gasteiger partial charge in [0.1, 0.15) is 5.56 Å². The van der Waals surface area contributed by atoms with Crippen molar-refractivity contribution in [2.75, 3.05) is 0 Å². The highest BCUT2D eigenvalue weighted by atomic mass is 79.9. The Labute approximate surface area is 240 Å². The van der Waals surface area contributed by atoms with Crippen molar-refractivity contribution in [1.82, 2.24) is 10.0 Å². The predicted molar refractivity (Wildman–Crippen MR) is 145 cm³/mol. The molecular formula is C22H10Br5N3O5. The van der Waals surface area contributed by atoms with E-state index in [0.29, 0.717) is 23.5 Å². The second-order valence-corrected chi connectivity index (χ2v) is 11.3. The normalized spacial score (nSPS) is 12.7. The molecule has 0 aliphatic carbocycles. The topological polar surface area (TPSA) is 101 Å². The maximum absolute atomic E-state index is 13.7. The summed E-state index contributed by atoms with van der Waals surface area (Å²) in [5.74, 6) is -2.38. The zero-order valence-electron chi connectivity index (χ0n) is 17.1. The van der Waals surface area contributed by atoms with Crippen molar-refractivity contribution < 1.29 is 19.3 Å². The SMILES string of the molecule is O=C(c1ccccc1[N+](=O)[O-])N(Cc1ccc(Br)cc1)N1C(=O)c2c(Br)c(Br)c(Br)c(Br)c2C1=O. The van der Waals surface area contributed by atoms with Gasteiger partial charge in [0.15, 0.2) is 0 Å². The highest BCUT2D eigenvalue weighted by molar-refractivity contribution is 9.15. The third kappa shape index (κ3) is 4.64. The van der Waals surface area contributed by atoms with Crippen LogP contribution in [0.15, 0.2) is 70.9 Å². The number of nitro benzene ring substituents is 1. The first kappa shape index (κ1) is 26.1. The van der Waals surface area contributed by atoms with Gasteiger partial charge in [0, 0.05) is 28.4 Å². The fourth-order valence-electron chi connectivity index (χ4n) is 3.51. The third-order valence-corrected chi connectivity index (χ3v) is 10.4. The van der Waals surface area contributed by atoms with Crippen LogP contribution < -0.4 is 0 Å². The molecule has 0 atom stereocenters. The molecule has 0 saturated heterocycles. The molecule has 0 fully saturated rings. The number of benzene rings is 3. The number of nitro groups is 1. The Morgan fingerprint density at radius 2 is 1.34 bits per heavy atom. The summed E-state index contributed by atoms with van der Waals surface area (Å²) in [4.78, 5) is 51.7. The highest BCUT2D eigenvalue weighted by Crippen LogP contribution is 2.45. The Hall–Kier alpha value is -1.93. The van der Waals surface area contributed by atoms with Gasteiger partial charge in [0.25, 0.3) is 23.4 Å². The summed E-state index contributed by atoms with van der Waals surface area (Å²) in [5.41, 5.74) is -0.00663. The average Bonchev–Trinajstić information content (AvgIpc) is 3.10. The van der Waals surface area contributed by atoms with Crippen LogP contribution in [0, 0.1) is 10.1 Å². The molecule has 1 heterocycles. The van der Waals surface area contributed by atoms with Crippen molar-refractivity contribution in [2.24, 2.45) is 0 Å². The fraction of sp³-hybridized carbons (Fsp3) is 0.0455. The summed E-state index contributed by atoms with van der Waals surface area (Å²) in [6.07, 6.45) is 0. The maximum atomic E-state index is 13.7. The van der Waals surface area contributed by atoms with Crippen LogP contribution in [0.4, 0.5) is 5.69 Å². The monoisotopic (exact) mass is 791 g/mol. The van der Waals surface area contributed by atoms with Crippen molar-refractivity contribution in [1.29, 1.82) is 0 Å². The average molecular weight is 796 g/mol. The van der Waals surface area contributed by atoms with E-state index < -0.39 is 28.3 Å². The first-order valence-electron chi connectivity index (χ1n) is 9.59. The van der Waals surface area contributed by atoms with Crippen molar-refractivity contribution >= 4 is 103 Å². The molecule has 0 saturated carbocycles. The quantitative estimate of drug-likeness (QED) is 0.0891. The molecule has 35 heavy (non-hydrogen) atoms. The van der Waals surface area contributed by atoms with Crippen molar-refractivity contribution in [2.45, 2.75) is 6.54 Å². The van der Waals surface area contributed by atoms with Crippen LogP contribution in [0.3, 0.4) is 0 Å². The number of amides is 3. The Balaban J connectivity index is 1.88. The number of hydrogen-bond acceptors (Lipinski definition) is 5. The number of halogens is 5. The van der Waals surface area contributed by atoms with Gasteiger partial charge < -0.3 is 0 Å². The third-order valence-electron chi connectivity index (χ3n) is 5.13. The van der Waals surface area contributed by atoms with Gasteiger partial charge in [-0.15, -0.1) is 0 Å². The largest absolute Gasteiger partial charge is 0.282 e. The molecule has 3 aromatic rings. The number of fused-ring (bicyclic) bond motifs is 1. The van der Waals surface area contributed by atoms with E-state index >= 15 is 0 Å². The molecule has 1 aliphatic heterocycles. The van der Waals surface area contributed by atoms with Crippen molar-refractivity contribution in [3.63, 3.8) is 0 Å².